The molecule has 9 aromatic carbocycles. The Morgan fingerprint density at radius 3 is 1.13 bits per heavy atom. The minimum absolute atomic E-state index is 0.114. The molecule has 0 atom stereocenters. The molecule has 0 saturated carbocycles. The summed E-state index contributed by atoms with van der Waals surface area (Å²) < 4.78 is 0. The molecule has 248 valence electrons. The Morgan fingerprint density at radius 1 is 0.269 bits per heavy atom. The molecular weight excluding hydrogens is 625 g/mol. The van der Waals surface area contributed by atoms with Gasteiger partial charge in [-0.2, -0.15) is 0 Å². The Kier molecular flexibility index (Phi) is 7.82. The van der Waals surface area contributed by atoms with Crippen LogP contribution in [-0.4, -0.2) is 0 Å². The SMILES string of the molecule is CC(C)(C)c1ccc(-c2c3ccccc3c(-c3ccc4cc(-c5cccc(-c6cccc(-c7ccccc7)c6)c5)ccc4c3)c3ccccc23)cc1. The number of hydrogen-bond donors (Lipinski definition) is 0. The smallest absolute Gasteiger partial charge is 0.00262 e. The molecule has 52 heavy (non-hydrogen) atoms. The average molecular weight is 665 g/mol. The van der Waals surface area contributed by atoms with Crippen molar-refractivity contribution in [2.24, 2.45) is 0 Å². The largest absolute Gasteiger partial charge is 0.0622 e. The highest BCUT2D eigenvalue weighted by Crippen LogP contribution is 2.44. The van der Waals surface area contributed by atoms with Crippen LogP contribution in [0.5, 0.6) is 0 Å². The quantitative estimate of drug-likeness (QED) is 0.161. The number of fused-ring (bicyclic) bond motifs is 3. The number of rotatable bonds is 5. The predicted octanol–water partition coefficient (Wildman–Crippen LogP) is 14.8. The Labute approximate surface area is 306 Å². The maximum absolute atomic E-state index is 2.37. The standard InChI is InChI=1S/C52H40/c1-52(2,3)45-29-27-36(28-30-45)50-46-19-7-9-21-48(46)51(49-22-10-8-20-47(49)50)44-26-25-42-33-41(23-24-43(42)34-44)40-18-12-17-39(32-40)38-16-11-15-37(31-38)35-13-5-4-6-14-35/h4-34H,1-3H3. The second-order valence-electron chi connectivity index (χ2n) is 15.0. The van der Waals surface area contributed by atoms with Crippen molar-refractivity contribution in [3.63, 3.8) is 0 Å². The fraction of sp³-hybridized carbons (Fsp3) is 0.0769. The third kappa shape index (κ3) is 5.77. The van der Waals surface area contributed by atoms with Gasteiger partial charge in [-0.3, -0.25) is 0 Å². The van der Waals surface area contributed by atoms with E-state index in [1.54, 1.807) is 0 Å². The lowest BCUT2D eigenvalue weighted by Gasteiger charge is -2.21. The van der Waals surface area contributed by atoms with Crippen LogP contribution in [0.25, 0.3) is 88.0 Å². The van der Waals surface area contributed by atoms with Gasteiger partial charge in [-0.1, -0.05) is 185 Å². The Morgan fingerprint density at radius 2 is 0.635 bits per heavy atom. The zero-order valence-electron chi connectivity index (χ0n) is 29.9. The molecule has 0 heteroatoms. The first-order chi connectivity index (χ1) is 25.4. The van der Waals surface area contributed by atoms with Crippen molar-refractivity contribution in [1.29, 1.82) is 0 Å². The van der Waals surface area contributed by atoms with E-state index in [1.165, 1.54) is 93.5 Å². The minimum atomic E-state index is 0.114. The number of benzene rings is 9. The molecule has 0 aliphatic rings. The summed E-state index contributed by atoms with van der Waals surface area (Å²) in [4.78, 5) is 0. The van der Waals surface area contributed by atoms with Gasteiger partial charge in [-0.05, 0) is 123 Å². The van der Waals surface area contributed by atoms with Crippen molar-refractivity contribution in [3.05, 3.63) is 194 Å². The lowest BCUT2D eigenvalue weighted by molar-refractivity contribution is 0.590. The molecule has 0 heterocycles. The number of hydrogen-bond acceptors (Lipinski definition) is 0. The molecule has 0 bridgehead atoms. The fourth-order valence-corrected chi connectivity index (χ4v) is 7.86. The van der Waals surface area contributed by atoms with Crippen molar-refractivity contribution in [3.8, 4) is 55.6 Å². The fourth-order valence-electron chi connectivity index (χ4n) is 7.86. The van der Waals surface area contributed by atoms with Gasteiger partial charge in [-0.15, -0.1) is 0 Å². The van der Waals surface area contributed by atoms with Gasteiger partial charge >= 0.3 is 0 Å². The summed E-state index contributed by atoms with van der Waals surface area (Å²) in [5.74, 6) is 0. The average Bonchev–Trinajstić information content (AvgIpc) is 3.19. The van der Waals surface area contributed by atoms with Gasteiger partial charge in [0.15, 0.2) is 0 Å². The molecular formula is C52H40. The van der Waals surface area contributed by atoms with Gasteiger partial charge in [-0.25, -0.2) is 0 Å². The predicted molar refractivity (Wildman–Crippen MR) is 225 cm³/mol. The van der Waals surface area contributed by atoms with Crippen molar-refractivity contribution in [2.45, 2.75) is 26.2 Å². The highest BCUT2D eigenvalue weighted by Gasteiger charge is 2.18. The highest BCUT2D eigenvalue weighted by atomic mass is 14.2. The van der Waals surface area contributed by atoms with E-state index in [0.717, 1.165) is 0 Å². The molecule has 0 unspecified atom stereocenters. The van der Waals surface area contributed by atoms with Gasteiger partial charge in [0.05, 0.1) is 0 Å². The molecule has 0 spiro atoms. The van der Waals surface area contributed by atoms with E-state index in [-0.39, 0.29) is 5.41 Å². The van der Waals surface area contributed by atoms with E-state index in [2.05, 4.69) is 209 Å². The highest BCUT2D eigenvalue weighted by molar-refractivity contribution is 6.21. The minimum Gasteiger partial charge on any atom is -0.0622 e. The maximum atomic E-state index is 2.37. The molecule has 0 amide bonds. The summed E-state index contributed by atoms with van der Waals surface area (Å²) in [6, 6.07) is 69.3. The summed E-state index contributed by atoms with van der Waals surface area (Å²) in [6.07, 6.45) is 0. The molecule has 0 fully saturated rings. The second kappa shape index (κ2) is 12.8. The van der Waals surface area contributed by atoms with Crippen molar-refractivity contribution in [1.82, 2.24) is 0 Å². The van der Waals surface area contributed by atoms with Gasteiger partial charge in [0.1, 0.15) is 0 Å². The molecule has 0 N–H and O–H groups in total. The summed E-state index contributed by atoms with van der Waals surface area (Å²) in [7, 11) is 0. The zero-order valence-corrected chi connectivity index (χ0v) is 29.9. The van der Waals surface area contributed by atoms with Crippen LogP contribution in [0.3, 0.4) is 0 Å². The lowest BCUT2D eigenvalue weighted by Crippen LogP contribution is -2.10. The van der Waals surface area contributed by atoms with E-state index in [0.29, 0.717) is 0 Å². The maximum Gasteiger partial charge on any atom is -0.00262 e. The Hall–Kier alpha value is -6.24. The molecule has 0 aliphatic heterocycles. The van der Waals surface area contributed by atoms with Crippen molar-refractivity contribution in [2.75, 3.05) is 0 Å². The molecule has 0 aliphatic carbocycles. The third-order valence-corrected chi connectivity index (χ3v) is 10.6. The molecule has 9 rings (SSSR count). The topological polar surface area (TPSA) is 0 Å². The van der Waals surface area contributed by atoms with E-state index in [1.807, 2.05) is 0 Å². The van der Waals surface area contributed by atoms with E-state index >= 15 is 0 Å². The van der Waals surface area contributed by atoms with E-state index in [4.69, 9.17) is 0 Å². The van der Waals surface area contributed by atoms with Crippen LogP contribution < -0.4 is 0 Å². The van der Waals surface area contributed by atoms with E-state index in [9.17, 15) is 0 Å². The van der Waals surface area contributed by atoms with E-state index < -0.39 is 0 Å². The van der Waals surface area contributed by atoms with Gasteiger partial charge in [0.2, 0.25) is 0 Å². The molecule has 0 saturated heterocycles. The molecule has 0 aromatic heterocycles. The van der Waals surface area contributed by atoms with Crippen LogP contribution in [0.1, 0.15) is 26.3 Å². The molecule has 9 aromatic rings. The van der Waals surface area contributed by atoms with Crippen LogP contribution in [0, 0.1) is 0 Å². The molecule has 0 radical (unpaired) electrons. The van der Waals surface area contributed by atoms with Crippen LogP contribution >= 0.6 is 0 Å². The van der Waals surface area contributed by atoms with Crippen LogP contribution in [0.4, 0.5) is 0 Å². The van der Waals surface area contributed by atoms with Gasteiger partial charge < -0.3 is 0 Å². The van der Waals surface area contributed by atoms with Crippen molar-refractivity contribution < 1.29 is 0 Å². The van der Waals surface area contributed by atoms with Gasteiger partial charge in [0.25, 0.3) is 0 Å². The van der Waals surface area contributed by atoms with Gasteiger partial charge in [0, 0.05) is 0 Å². The zero-order chi connectivity index (χ0) is 35.2. The summed E-state index contributed by atoms with van der Waals surface area (Å²) in [5, 5.41) is 7.60. The summed E-state index contributed by atoms with van der Waals surface area (Å²) in [5.41, 5.74) is 13.9. The normalized spacial score (nSPS) is 11.8. The van der Waals surface area contributed by atoms with Crippen LogP contribution in [0.2, 0.25) is 0 Å². The van der Waals surface area contributed by atoms with Crippen molar-refractivity contribution >= 4 is 32.3 Å². The Balaban J connectivity index is 1.11. The first-order valence-electron chi connectivity index (χ1n) is 18.3. The van der Waals surface area contributed by atoms with Crippen LogP contribution in [0.15, 0.2) is 188 Å². The summed E-state index contributed by atoms with van der Waals surface area (Å²) in [6.45, 7) is 6.82. The lowest BCUT2D eigenvalue weighted by atomic mass is 9.83. The second-order valence-corrected chi connectivity index (χ2v) is 15.0. The monoisotopic (exact) mass is 664 g/mol. The Bertz CT molecular complexity index is 2680. The first-order valence-corrected chi connectivity index (χ1v) is 18.3. The summed E-state index contributed by atoms with van der Waals surface area (Å²) >= 11 is 0. The van der Waals surface area contributed by atoms with Crippen LogP contribution in [-0.2, 0) is 5.41 Å². The third-order valence-electron chi connectivity index (χ3n) is 10.6. The first kappa shape index (κ1) is 31.7. The molecule has 0 nitrogen and oxygen atoms in total.